The Bertz CT molecular complexity index is 604. The minimum absolute atomic E-state index is 0.0667. The molecule has 0 atom stereocenters. The summed E-state index contributed by atoms with van der Waals surface area (Å²) in [7, 11) is -3.39. The van der Waals surface area contributed by atoms with E-state index in [2.05, 4.69) is 5.32 Å². The van der Waals surface area contributed by atoms with Crippen molar-refractivity contribution in [3.8, 4) is 0 Å². The molecule has 0 bridgehead atoms. The molecule has 0 aliphatic heterocycles. The van der Waals surface area contributed by atoms with Crippen LogP contribution < -0.4 is 10.5 Å². The van der Waals surface area contributed by atoms with Crippen molar-refractivity contribution in [3.05, 3.63) is 36.1 Å². The fraction of sp³-hybridized carbons (Fsp3) is 0.273. The lowest BCUT2D eigenvalue weighted by Gasteiger charge is -2.01. The van der Waals surface area contributed by atoms with Gasteiger partial charge in [-0.15, -0.1) is 0 Å². The zero-order chi connectivity index (χ0) is 12.3. The first-order valence-corrected chi connectivity index (χ1v) is 6.94. The molecule has 0 radical (unpaired) electrons. The molecule has 0 fully saturated rings. The van der Waals surface area contributed by atoms with E-state index in [4.69, 9.17) is 9.56 Å². The van der Waals surface area contributed by atoms with Crippen LogP contribution in [0.25, 0.3) is 11.0 Å². The first kappa shape index (κ1) is 12.1. The molecule has 92 valence electrons. The van der Waals surface area contributed by atoms with Crippen molar-refractivity contribution in [3.63, 3.8) is 0 Å². The zero-order valence-corrected chi connectivity index (χ0v) is 10.0. The predicted octanol–water partition coefficient (Wildman–Crippen LogP) is 0.811. The van der Waals surface area contributed by atoms with Gasteiger partial charge < -0.3 is 9.73 Å². The molecule has 0 unspecified atom stereocenters. The Balaban J connectivity index is 1.96. The van der Waals surface area contributed by atoms with E-state index in [1.54, 1.807) is 6.26 Å². The van der Waals surface area contributed by atoms with Gasteiger partial charge in [-0.2, -0.15) is 0 Å². The van der Waals surface area contributed by atoms with Gasteiger partial charge in [0.25, 0.3) is 0 Å². The molecule has 1 heterocycles. The lowest BCUT2D eigenvalue weighted by atomic mass is 10.2. The predicted molar refractivity (Wildman–Crippen MR) is 65.9 cm³/mol. The van der Waals surface area contributed by atoms with Crippen molar-refractivity contribution in [2.24, 2.45) is 5.14 Å². The molecule has 1 aromatic carbocycles. The monoisotopic (exact) mass is 254 g/mol. The van der Waals surface area contributed by atoms with Crippen LogP contribution in [-0.2, 0) is 16.6 Å². The Labute approximate surface area is 99.7 Å². The quantitative estimate of drug-likeness (QED) is 0.773. The second kappa shape index (κ2) is 4.87. The van der Waals surface area contributed by atoms with E-state index >= 15 is 0 Å². The molecule has 2 aromatic rings. The maximum Gasteiger partial charge on any atom is 0.210 e. The van der Waals surface area contributed by atoms with Crippen LogP contribution in [0, 0.1) is 0 Å². The Kier molecular flexibility index (Phi) is 3.46. The zero-order valence-electron chi connectivity index (χ0n) is 9.22. The van der Waals surface area contributed by atoms with Gasteiger partial charge in [-0.25, -0.2) is 13.6 Å². The molecule has 0 aliphatic rings. The van der Waals surface area contributed by atoms with Crippen LogP contribution in [0.1, 0.15) is 5.56 Å². The molecule has 0 aliphatic carbocycles. The summed E-state index contributed by atoms with van der Waals surface area (Å²) in [5.41, 5.74) is 1.84. The molecular formula is C11H14N2O3S. The molecule has 0 amide bonds. The molecule has 5 nitrogen and oxygen atoms in total. The first-order chi connectivity index (χ1) is 8.06. The van der Waals surface area contributed by atoms with Crippen molar-refractivity contribution < 1.29 is 12.8 Å². The fourth-order valence-corrected chi connectivity index (χ4v) is 2.04. The molecule has 6 heteroatoms. The summed E-state index contributed by atoms with van der Waals surface area (Å²) in [5, 5.41) is 8.95. The summed E-state index contributed by atoms with van der Waals surface area (Å²) in [6.07, 6.45) is 1.68. The van der Waals surface area contributed by atoms with Gasteiger partial charge in [-0.3, -0.25) is 0 Å². The van der Waals surface area contributed by atoms with E-state index in [-0.39, 0.29) is 5.75 Å². The standard InChI is InChI=1S/C11H14N2O3S/c12-17(14,15)6-5-13-7-9-8-16-11-4-2-1-3-10(9)11/h1-4,8,13H,5-7H2,(H2,12,14,15). The van der Waals surface area contributed by atoms with E-state index in [1.807, 2.05) is 24.3 Å². The number of nitrogens with two attached hydrogens (primary N) is 1. The van der Waals surface area contributed by atoms with Gasteiger partial charge in [-0.05, 0) is 6.07 Å². The number of benzene rings is 1. The van der Waals surface area contributed by atoms with Crippen LogP contribution in [0.2, 0.25) is 0 Å². The van der Waals surface area contributed by atoms with Gasteiger partial charge in [0.1, 0.15) is 5.58 Å². The number of hydrogen-bond acceptors (Lipinski definition) is 4. The summed E-state index contributed by atoms with van der Waals surface area (Å²) < 4.78 is 26.8. The highest BCUT2D eigenvalue weighted by Gasteiger charge is 2.05. The second-order valence-electron chi connectivity index (χ2n) is 3.80. The van der Waals surface area contributed by atoms with Gasteiger partial charge >= 0.3 is 0 Å². The number of rotatable bonds is 5. The SMILES string of the molecule is NS(=O)(=O)CCNCc1coc2ccccc12. The average molecular weight is 254 g/mol. The third-order valence-electron chi connectivity index (χ3n) is 2.44. The lowest BCUT2D eigenvalue weighted by molar-refractivity contribution is 0.590. The molecule has 0 saturated heterocycles. The van der Waals surface area contributed by atoms with Gasteiger partial charge in [0.2, 0.25) is 10.0 Å². The number of sulfonamides is 1. The highest BCUT2D eigenvalue weighted by Crippen LogP contribution is 2.20. The van der Waals surface area contributed by atoms with Crippen LogP contribution in [0.5, 0.6) is 0 Å². The van der Waals surface area contributed by atoms with Crippen molar-refractivity contribution >= 4 is 21.0 Å². The minimum atomic E-state index is -3.39. The van der Waals surface area contributed by atoms with Crippen molar-refractivity contribution in [2.45, 2.75) is 6.54 Å². The molecule has 0 saturated carbocycles. The van der Waals surface area contributed by atoms with E-state index in [9.17, 15) is 8.42 Å². The Hall–Kier alpha value is -1.37. The Morgan fingerprint density at radius 1 is 1.29 bits per heavy atom. The normalized spacial score (nSPS) is 12.1. The van der Waals surface area contributed by atoms with Crippen molar-refractivity contribution in [2.75, 3.05) is 12.3 Å². The van der Waals surface area contributed by atoms with E-state index in [1.165, 1.54) is 0 Å². The van der Waals surface area contributed by atoms with Crippen molar-refractivity contribution in [1.82, 2.24) is 5.32 Å². The molecule has 17 heavy (non-hydrogen) atoms. The van der Waals surface area contributed by atoms with E-state index in [0.29, 0.717) is 13.1 Å². The summed E-state index contributed by atoms with van der Waals surface area (Å²) in [5.74, 6) is -0.0667. The van der Waals surface area contributed by atoms with Gasteiger partial charge in [0.05, 0.1) is 12.0 Å². The van der Waals surface area contributed by atoms with Crippen molar-refractivity contribution in [1.29, 1.82) is 0 Å². The molecular weight excluding hydrogens is 240 g/mol. The average Bonchev–Trinajstić information content (AvgIpc) is 2.67. The number of fused-ring (bicyclic) bond motifs is 1. The minimum Gasteiger partial charge on any atom is -0.464 e. The van der Waals surface area contributed by atoms with Gasteiger partial charge in [0, 0.05) is 24.0 Å². The van der Waals surface area contributed by atoms with E-state index < -0.39 is 10.0 Å². The van der Waals surface area contributed by atoms with Crippen LogP contribution in [-0.4, -0.2) is 20.7 Å². The summed E-state index contributed by atoms with van der Waals surface area (Å²) in [6, 6.07) is 7.70. The van der Waals surface area contributed by atoms with Gasteiger partial charge in [-0.1, -0.05) is 18.2 Å². The highest BCUT2D eigenvalue weighted by molar-refractivity contribution is 7.89. The fourth-order valence-electron chi connectivity index (χ4n) is 1.61. The van der Waals surface area contributed by atoms with Crippen LogP contribution >= 0.6 is 0 Å². The largest absolute Gasteiger partial charge is 0.464 e. The molecule has 3 N–H and O–H groups in total. The Morgan fingerprint density at radius 2 is 2.06 bits per heavy atom. The molecule has 1 aromatic heterocycles. The highest BCUT2D eigenvalue weighted by atomic mass is 32.2. The second-order valence-corrected chi connectivity index (χ2v) is 5.53. The number of primary sulfonamides is 1. The number of para-hydroxylation sites is 1. The summed E-state index contributed by atoms with van der Waals surface area (Å²) in [6.45, 7) is 0.894. The van der Waals surface area contributed by atoms with E-state index in [0.717, 1.165) is 16.5 Å². The third-order valence-corrected chi connectivity index (χ3v) is 3.21. The topological polar surface area (TPSA) is 85.3 Å². The summed E-state index contributed by atoms with van der Waals surface area (Å²) in [4.78, 5) is 0. The lowest BCUT2D eigenvalue weighted by Crippen LogP contribution is -2.26. The number of furan rings is 1. The third kappa shape index (κ3) is 3.29. The van der Waals surface area contributed by atoms with Gasteiger partial charge in [0.15, 0.2) is 0 Å². The summed E-state index contributed by atoms with van der Waals surface area (Å²) >= 11 is 0. The number of hydrogen-bond donors (Lipinski definition) is 2. The number of nitrogens with one attached hydrogen (secondary N) is 1. The smallest absolute Gasteiger partial charge is 0.210 e. The van der Waals surface area contributed by atoms with Crippen LogP contribution in [0.4, 0.5) is 0 Å². The maximum atomic E-state index is 10.7. The van der Waals surface area contributed by atoms with Crippen LogP contribution in [0.3, 0.4) is 0 Å². The Morgan fingerprint density at radius 3 is 2.82 bits per heavy atom. The molecule has 2 rings (SSSR count). The molecule has 0 spiro atoms. The van der Waals surface area contributed by atoms with Crippen LogP contribution in [0.15, 0.2) is 34.9 Å². The maximum absolute atomic E-state index is 10.7. The first-order valence-electron chi connectivity index (χ1n) is 5.22.